The Morgan fingerprint density at radius 1 is 0.787 bits per heavy atom. The van der Waals surface area contributed by atoms with Crippen LogP contribution in [0.2, 0.25) is 0 Å². The van der Waals surface area contributed by atoms with Crippen molar-refractivity contribution in [2.75, 3.05) is 7.05 Å². The third kappa shape index (κ3) is 4.75. The first kappa shape index (κ1) is 28.9. The second-order valence-corrected chi connectivity index (χ2v) is 13.6. The fourth-order valence-corrected chi connectivity index (χ4v) is 6.78. The fraction of sp³-hybridized carbons (Fsp3) is 0.195. The number of hydrogen-bond donors (Lipinski definition) is 0. The van der Waals surface area contributed by atoms with E-state index in [1.54, 1.807) is 0 Å². The molecule has 6 heterocycles. The lowest BCUT2D eigenvalue weighted by atomic mass is 9.80. The fourth-order valence-electron chi connectivity index (χ4n) is 6.78. The minimum Gasteiger partial charge on any atom is -0.456 e. The number of aromatic nitrogens is 1. The van der Waals surface area contributed by atoms with Crippen molar-refractivity contribution in [2.45, 2.75) is 33.1 Å². The van der Waals surface area contributed by atoms with Gasteiger partial charge in [-0.3, -0.25) is 0 Å². The van der Waals surface area contributed by atoms with Crippen molar-refractivity contribution in [3.63, 3.8) is 0 Å². The van der Waals surface area contributed by atoms with Crippen LogP contribution in [-0.2, 0) is 12.5 Å². The molecule has 0 aliphatic carbocycles. The van der Waals surface area contributed by atoms with Crippen molar-refractivity contribution in [2.24, 2.45) is 22.4 Å². The molecule has 47 heavy (non-hydrogen) atoms. The van der Waals surface area contributed by atoms with Gasteiger partial charge in [-0.25, -0.2) is 9.56 Å². The molecule has 3 aromatic heterocycles. The molecule has 0 fully saturated rings. The van der Waals surface area contributed by atoms with Crippen molar-refractivity contribution in [3.05, 3.63) is 138 Å². The number of amidine groups is 1. The molecule has 0 spiro atoms. The zero-order chi connectivity index (χ0) is 32.5. The summed E-state index contributed by atoms with van der Waals surface area (Å²) in [6.07, 6.45) is 16.8. The Bertz CT molecular complexity index is 2260. The van der Waals surface area contributed by atoms with Gasteiger partial charge < -0.3 is 13.7 Å². The zero-order valence-corrected chi connectivity index (χ0v) is 27.6. The highest BCUT2D eigenvalue weighted by Gasteiger charge is 2.42. The van der Waals surface area contributed by atoms with E-state index in [4.69, 9.17) is 18.8 Å². The SMILES string of the molecule is CN1C=C(c2cc3ccccc3o2)C=C2C1=N\C(=C/C=C/C=C/C1=Nc3c(cc(-c4cc5ccccc5o4)c[n+]3C)C1(C)C)C2(C)C. The topological polar surface area (TPSA) is 58.1 Å². The largest absolute Gasteiger partial charge is 0.456 e. The molecule has 0 N–H and O–H groups in total. The first-order valence-electron chi connectivity index (χ1n) is 16.0. The van der Waals surface area contributed by atoms with E-state index >= 15 is 0 Å². The lowest BCUT2D eigenvalue weighted by molar-refractivity contribution is -0.658. The molecule has 0 atom stereocenters. The molecule has 3 aliphatic heterocycles. The maximum atomic E-state index is 6.18. The molecule has 0 radical (unpaired) electrons. The number of aliphatic imine (C=N–C) groups is 2. The van der Waals surface area contributed by atoms with Crippen LogP contribution in [-0.4, -0.2) is 23.5 Å². The van der Waals surface area contributed by atoms with Crippen molar-refractivity contribution in [1.82, 2.24) is 4.90 Å². The number of nitrogens with zero attached hydrogens (tertiary/aromatic N) is 4. The summed E-state index contributed by atoms with van der Waals surface area (Å²) in [5, 5.41) is 2.20. The molecule has 2 aromatic carbocycles. The summed E-state index contributed by atoms with van der Waals surface area (Å²) in [7, 11) is 4.10. The van der Waals surface area contributed by atoms with Gasteiger partial charge in [-0.2, -0.15) is 0 Å². The normalized spacial score (nSPS) is 19.1. The van der Waals surface area contributed by atoms with E-state index < -0.39 is 0 Å². The van der Waals surface area contributed by atoms with E-state index in [0.29, 0.717) is 0 Å². The number of hydrogen-bond acceptors (Lipinski definition) is 5. The zero-order valence-electron chi connectivity index (χ0n) is 27.6. The number of rotatable bonds is 5. The van der Waals surface area contributed by atoms with Crippen molar-refractivity contribution >= 4 is 44.9 Å². The monoisotopic (exact) mass is 617 g/mol. The van der Waals surface area contributed by atoms with Gasteiger partial charge >= 0.3 is 5.82 Å². The quantitative estimate of drug-likeness (QED) is 0.146. The van der Waals surface area contributed by atoms with Crippen LogP contribution in [0.1, 0.15) is 39.0 Å². The Balaban J connectivity index is 1.01. The van der Waals surface area contributed by atoms with E-state index in [-0.39, 0.29) is 10.8 Å². The Labute approximate surface area is 274 Å². The Hall–Kier alpha value is -5.49. The molecule has 0 unspecified atom stereocenters. The Kier molecular flexibility index (Phi) is 6.48. The molecule has 0 bridgehead atoms. The third-order valence-electron chi connectivity index (χ3n) is 9.65. The van der Waals surface area contributed by atoms with Crippen LogP contribution in [0.4, 0.5) is 5.82 Å². The molecule has 0 saturated carbocycles. The second kappa shape index (κ2) is 10.5. The highest BCUT2D eigenvalue weighted by atomic mass is 16.3. The number of likely N-dealkylation sites (N-methyl/N-ethyl adjacent to an activating group) is 1. The lowest BCUT2D eigenvalue weighted by Crippen LogP contribution is -2.30. The molecule has 6 nitrogen and oxygen atoms in total. The number of aryl methyl sites for hydroxylation is 1. The summed E-state index contributed by atoms with van der Waals surface area (Å²) in [5.74, 6) is 3.67. The van der Waals surface area contributed by atoms with E-state index in [1.807, 2.05) is 50.5 Å². The van der Waals surface area contributed by atoms with Gasteiger partial charge in [-0.05, 0) is 67.4 Å². The van der Waals surface area contributed by atoms with Crippen LogP contribution in [0.3, 0.4) is 0 Å². The first-order valence-corrected chi connectivity index (χ1v) is 16.0. The second-order valence-electron chi connectivity index (χ2n) is 13.6. The molecule has 232 valence electrons. The highest BCUT2D eigenvalue weighted by Crippen LogP contribution is 2.46. The summed E-state index contributed by atoms with van der Waals surface area (Å²) in [4.78, 5) is 12.2. The van der Waals surface area contributed by atoms with Crippen molar-refractivity contribution in [1.29, 1.82) is 0 Å². The highest BCUT2D eigenvalue weighted by molar-refractivity contribution is 6.09. The first-order chi connectivity index (χ1) is 22.6. The average Bonchev–Trinajstić information content (AvgIpc) is 3.79. The van der Waals surface area contributed by atoms with Gasteiger partial charge in [0.1, 0.15) is 34.7 Å². The van der Waals surface area contributed by atoms with Crippen molar-refractivity contribution in [3.8, 4) is 11.3 Å². The third-order valence-corrected chi connectivity index (χ3v) is 9.65. The van der Waals surface area contributed by atoms with Gasteiger partial charge in [-0.15, -0.1) is 0 Å². The predicted molar refractivity (Wildman–Crippen MR) is 191 cm³/mol. The van der Waals surface area contributed by atoms with E-state index in [0.717, 1.165) is 67.7 Å². The van der Waals surface area contributed by atoms with Crippen molar-refractivity contribution < 1.29 is 13.4 Å². The van der Waals surface area contributed by atoms with Crippen LogP contribution in [0, 0.1) is 5.41 Å². The van der Waals surface area contributed by atoms with Gasteiger partial charge in [0.25, 0.3) is 0 Å². The van der Waals surface area contributed by atoms with Gasteiger partial charge in [0.15, 0.2) is 5.71 Å². The summed E-state index contributed by atoms with van der Waals surface area (Å²) in [5.41, 5.74) is 7.77. The molecular weight excluding hydrogens is 580 g/mol. The minimum absolute atomic E-state index is 0.255. The molecule has 0 saturated heterocycles. The Morgan fingerprint density at radius 3 is 2.19 bits per heavy atom. The Morgan fingerprint density at radius 2 is 1.47 bits per heavy atom. The van der Waals surface area contributed by atoms with Crippen LogP contribution in [0.25, 0.3) is 38.8 Å². The number of allylic oxidation sites excluding steroid dienone is 8. The van der Waals surface area contributed by atoms with Crippen LogP contribution < -0.4 is 4.57 Å². The van der Waals surface area contributed by atoms with Crippen LogP contribution in [0.15, 0.2) is 146 Å². The summed E-state index contributed by atoms with van der Waals surface area (Å²) in [6, 6.07) is 22.7. The number of benzene rings is 2. The van der Waals surface area contributed by atoms with Gasteiger partial charge in [0.05, 0.1) is 29.3 Å². The maximum Gasteiger partial charge on any atom is 0.327 e. The molecule has 6 heteroatoms. The molecule has 3 aliphatic rings. The molecule has 5 aromatic rings. The number of furan rings is 2. The summed E-state index contributed by atoms with van der Waals surface area (Å²) >= 11 is 0. The van der Waals surface area contributed by atoms with E-state index in [1.165, 1.54) is 11.1 Å². The average molecular weight is 618 g/mol. The van der Waals surface area contributed by atoms with Crippen LogP contribution >= 0.6 is 0 Å². The smallest absolute Gasteiger partial charge is 0.327 e. The summed E-state index contributed by atoms with van der Waals surface area (Å²) in [6.45, 7) is 8.92. The minimum atomic E-state index is -0.255. The van der Waals surface area contributed by atoms with Gasteiger partial charge in [0, 0.05) is 40.6 Å². The van der Waals surface area contributed by atoms with Crippen LogP contribution in [0.5, 0.6) is 0 Å². The van der Waals surface area contributed by atoms with E-state index in [2.05, 4.69) is 116 Å². The van der Waals surface area contributed by atoms with Gasteiger partial charge in [-0.1, -0.05) is 68.5 Å². The van der Waals surface area contributed by atoms with E-state index in [9.17, 15) is 0 Å². The summed E-state index contributed by atoms with van der Waals surface area (Å²) < 4.78 is 14.5. The lowest BCUT2D eigenvalue weighted by Gasteiger charge is -2.27. The number of pyridine rings is 1. The van der Waals surface area contributed by atoms with Gasteiger partial charge in [0.2, 0.25) is 0 Å². The molecule has 0 amide bonds. The maximum absolute atomic E-state index is 6.18. The molecule has 8 rings (SSSR count). The number of fused-ring (bicyclic) bond motifs is 4. The standard InChI is InChI=1S/C41H37N4O2/c1-40(2)30-20-28(34-22-26-14-10-12-16-32(26)46-34)24-44(5)38(30)42-36(40)18-8-7-9-19-37-41(3,4)31-21-29(25-45(6)39(31)43-37)35-23-27-15-11-13-17-33(27)47-35/h7-25H,1-6H3/q+1. The predicted octanol–water partition coefficient (Wildman–Crippen LogP) is 9.38. The number of para-hydroxylation sites is 2. The molecular formula is C41H37N4O2+.